The highest BCUT2D eigenvalue weighted by Crippen LogP contribution is 2.05. The van der Waals surface area contributed by atoms with Gasteiger partial charge in [0.05, 0.1) is 4.05 Å². The van der Waals surface area contributed by atoms with Gasteiger partial charge >= 0.3 is 0 Å². The largest absolute Gasteiger partial charge is 0.347 e. The Morgan fingerprint density at radius 1 is 1.78 bits per heavy atom. The molecule has 0 spiro atoms. The molecule has 0 aliphatic carbocycles. The number of hydrogen-bond acceptors (Lipinski definition) is 1. The molecule has 1 unspecified atom stereocenters. The molecule has 1 atom stereocenters. The smallest absolute Gasteiger partial charge is 0.207 e. The lowest BCUT2D eigenvalue weighted by Crippen LogP contribution is -2.20. The van der Waals surface area contributed by atoms with E-state index in [1.54, 1.807) is 0 Å². The van der Waals surface area contributed by atoms with Crippen LogP contribution in [0.25, 0.3) is 0 Å². The highest BCUT2D eigenvalue weighted by Gasteiger charge is 1.97. The Morgan fingerprint density at radius 2 is 2.44 bits per heavy atom. The number of carbonyl (C=O) groups is 1. The molecular weight excluding hydrogens is 229 g/mol. The standard InChI is InChI=1S/C6H12INO/c1-2-3-4-6(7)8-5-9/h5-6H,2-4H2,1H3,(H,8,9). The first-order chi connectivity index (χ1) is 4.31. The number of rotatable bonds is 5. The van der Waals surface area contributed by atoms with Gasteiger partial charge in [-0.05, 0) is 6.42 Å². The Kier molecular flexibility index (Phi) is 6.46. The van der Waals surface area contributed by atoms with E-state index >= 15 is 0 Å². The summed E-state index contributed by atoms with van der Waals surface area (Å²) in [4.78, 5) is 9.86. The molecule has 1 N–H and O–H groups in total. The van der Waals surface area contributed by atoms with Crippen molar-refractivity contribution in [3.05, 3.63) is 0 Å². The van der Waals surface area contributed by atoms with E-state index in [4.69, 9.17) is 0 Å². The summed E-state index contributed by atoms with van der Waals surface area (Å²) >= 11 is 2.22. The second kappa shape index (κ2) is 6.32. The van der Waals surface area contributed by atoms with E-state index in [9.17, 15) is 4.79 Å². The minimum absolute atomic E-state index is 0.319. The molecule has 0 fully saturated rings. The van der Waals surface area contributed by atoms with Crippen molar-refractivity contribution >= 4 is 29.0 Å². The molecule has 9 heavy (non-hydrogen) atoms. The van der Waals surface area contributed by atoms with Crippen LogP contribution in [0.2, 0.25) is 0 Å². The minimum Gasteiger partial charge on any atom is -0.347 e. The van der Waals surface area contributed by atoms with Gasteiger partial charge in [0.1, 0.15) is 0 Å². The van der Waals surface area contributed by atoms with Crippen LogP contribution in [-0.4, -0.2) is 10.5 Å². The zero-order valence-electron chi connectivity index (χ0n) is 5.56. The summed E-state index contributed by atoms with van der Waals surface area (Å²) in [6.07, 6.45) is 4.22. The summed E-state index contributed by atoms with van der Waals surface area (Å²) in [5, 5.41) is 2.69. The summed E-state index contributed by atoms with van der Waals surface area (Å²) in [6.45, 7) is 2.14. The highest BCUT2D eigenvalue weighted by atomic mass is 127. The van der Waals surface area contributed by atoms with Crippen LogP contribution in [0.4, 0.5) is 0 Å². The maximum absolute atomic E-state index is 9.86. The predicted molar refractivity (Wildman–Crippen MR) is 46.5 cm³/mol. The van der Waals surface area contributed by atoms with Crippen molar-refractivity contribution in [2.75, 3.05) is 0 Å². The molecular formula is C6H12INO. The number of alkyl halides is 1. The average molecular weight is 241 g/mol. The van der Waals surface area contributed by atoms with E-state index in [2.05, 4.69) is 34.8 Å². The molecule has 0 rings (SSSR count). The fraction of sp³-hybridized carbons (Fsp3) is 0.833. The molecule has 2 nitrogen and oxygen atoms in total. The summed E-state index contributed by atoms with van der Waals surface area (Å²) < 4.78 is 0.319. The van der Waals surface area contributed by atoms with Crippen LogP contribution >= 0.6 is 22.6 Å². The first-order valence-electron chi connectivity index (χ1n) is 3.15. The lowest BCUT2D eigenvalue weighted by atomic mass is 10.2. The van der Waals surface area contributed by atoms with Crippen molar-refractivity contribution in [2.45, 2.75) is 30.2 Å². The van der Waals surface area contributed by atoms with Gasteiger partial charge in [-0.1, -0.05) is 42.4 Å². The topological polar surface area (TPSA) is 29.1 Å². The van der Waals surface area contributed by atoms with E-state index in [0.29, 0.717) is 4.05 Å². The maximum atomic E-state index is 9.86. The van der Waals surface area contributed by atoms with Crippen LogP contribution in [0.15, 0.2) is 0 Å². The van der Waals surface area contributed by atoms with Crippen molar-refractivity contribution in [1.29, 1.82) is 0 Å². The lowest BCUT2D eigenvalue weighted by molar-refractivity contribution is -0.109. The number of halogens is 1. The monoisotopic (exact) mass is 241 g/mol. The Labute approximate surface area is 69.5 Å². The van der Waals surface area contributed by atoms with Gasteiger partial charge < -0.3 is 5.32 Å². The Balaban J connectivity index is 3.04. The van der Waals surface area contributed by atoms with Gasteiger partial charge in [-0.15, -0.1) is 0 Å². The Hall–Kier alpha value is 0.200. The Morgan fingerprint density at radius 3 is 2.89 bits per heavy atom. The molecule has 1 amide bonds. The van der Waals surface area contributed by atoms with Gasteiger partial charge in [0.2, 0.25) is 6.41 Å². The van der Waals surface area contributed by atoms with Gasteiger partial charge in [0.15, 0.2) is 0 Å². The SMILES string of the molecule is CCCCC(I)NC=O. The second-order valence-corrected chi connectivity index (χ2v) is 3.40. The van der Waals surface area contributed by atoms with E-state index in [1.165, 1.54) is 12.8 Å². The number of amides is 1. The quantitative estimate of drug-likeness (QED) is 0.337. The molecule has 0 heterocycles. The summed E-state index contributed by atoms with van der Waals surface area (Å²) in [5.41, 5.74) is 0. The summed E-state index contributed by atoms with van der Waals surface area (Å²) in [7, 11) is 0. The van der Waals surface area contributed by atoms with Gasteiger partial charge in [0, 0.05) is 0 Å². The molecule has 0 aromatic heterocycles. The predicted octanol–water partition coefficient (Wildman–Crippen LogP) is 1.68. The third-order valence-electron chi connectivity index (χ3n) is 1.06. The van der Waals surface area contributed by atoms with Gasteiger partial charge in [-0.3, -0.25) is 4.79 Å². The fourth-order valence-electron chi connectivity index (χ4n) is 0.541. The van der Waals surface area contributed by atoms with Crippen LogP contribution in [0.3, 0.4) is 0 Å². The zero-order chi connectivity index (χ0) is 7.11. The van der Waals surface area contributed by atoms with Crippen LogP contribution in [0.5, 0.6) is 0 Å². The first kappa shape index (κ1) is 9.20. The molecule has 0 radical (unpaired) electrons. The highest BCUT2D eigenvalue weighted by molar-refractivity contribution is 14.1. The van der Waals surface area contributed by atoms with Crippen molar-refractivity contribution in [2.24, 2.45) is 0 Å². The molecule has 0 aromatic rings. The third-order valence-corrected chi connectivity index (χ3v) is 2.04. The molecule has 3 heteroatoms. The first-order valence-corrected chi connectivity index (χ1v) is 4.39. The van der Waals surface area contributed by atoms with Crippen LogP contribution in [-0.2, 0) is 4.79 Å². The van der Waals surface area contributed by atoms with Crippen molar-refractivity contribution in [1.82, 2.24) is 5.32 Å². The molecule has 0 bridgehead atoms. The minimum atomic E-state index is 0.319. The normalized spacial score (nSPS) is 12.7. The summed E-state index contributed by atoms with van der Waals surface area (Å²) in [5.74, 6) is 0. The maximum Gasteiger partial charge on any atom is 0.207 e. The zero-order valence-corrected chi connectivity index (χ0v) is 7.72. The van der Waals surface area contributed by atoms with Gasteiger partial charge in [0.25, 0.3) is 0 Å². The van der Waals surface area contributed by atoms with Crippen LogP contribution in [0, 0.1) is 0 Å². The van der Waals surface area contributed by atoms with Crippen LogP contribution < -0.4 is 5.32 Å². The van der Waals surface area contributed by atoms with Crippen molar-refractivity contribution in [3.8, 4) is 0 Å². The lowest BCUT2D eigenvalue weighted by Gasteiger charge is -2.05. The number of hydrogen-bond donors (Lipinski definition) is 1. The van der Waals surface area contributed by atoms with E-state index in [-0.39, 0.29) is 0 Å². The molecule has 54 valence electrons. The Bertz CT molecular complexity index is 77.5. The van der Waals surface area contributed by atoms with E-state index in [0.717, 1.165) is 12.8 Å². The average Bonchev–Trinajstić information content (AvgIpc) is 1.85. The number of carbonyl (C=O) groups excluding carboxylic acids is 1. The van der Waals surface area contributed by atoms with E-state index < -0.39 is 0 Å². The number of unbranched alkanes of at least 4 members (excludes halogenated alkanes) is 1. The molecule has 0 aliphatic heterocycles. The van der Waals surface area contributed by atoms with E-state index in [1.807, 2.05) is 0 Å². The number of nitrogens with one attached hydrogen (secondary N) is 1. The van der Waals surface area contributed by atoms with Crippen LogP contribution in [0.1, 0.15) is 26.2 Å². The van der Waals surface area contributed by atoms with Crippen molar-refractivity contribution < 1.29 is 4.79 Å². The molecule has 0 aliphatic rings. The molecule has 0 aromatic carbocycles. The molecule has 0 saturated carbocycles. The van der Waals surface area contributed by atoms with Crippen molar-refractivity contribution in [3.63, 3.8) is 0 Å². The second-order valence-electron chi connectivity index (χ2n) is 1.89. The fourth-order valence-corrected chi connectivity index (χ4v) is 1.13. The summed E-state index contributed by atoms with van der Waals surface area (Å²) in [6, 6.07) is 0. The van der Waals surface area contributed by atoms with Gasteiger partial charge in [-0.25, -0.2) is 0 Å². The van der Waals surface area contributed by atoms with Gasteiger partial charge in [-0.2, -0.15) is 0 Å². The third kappa shape index (κ3) is 6.08. The molecule has 0 saturated heterocycles.